The van der Waals surface area contributed by atoms with Crippen molar-refractivity contribution in [1.82, 2.24) is 5.32 Å². The van der Waals surface area contributed by atoms with Gasteiger partial charge >= 0.3 is 0 Å². The zero-order valence-electron chi connectivity index (χ0n) is 8.26. The first-order valence-electron chi connectivity index (χ1n) is 4.79. The third-order valence-electron chi connectivity index (χ3n) is 2.80. The molecule has 1 amide bonds. The molecule has 1 aliphatic carbocycles. The SMILES string of the molecule is CC(C#N)NC(=O)C1(C)CCCC1. The second-order valence-electron chi connectivity index (χ2n) is 4.09. The smallest absolute Gasteiger partial charge is 0.226 e. The van der Waals surface area contributed by atoms with Crippen LogP contribution in [0.2, 0.25) is 0 Å². The number of carbonyl (C=O) groups is 1. The highest BCUT2D eigenvalue weighted by Crippen LogP contribution is 2.37. The van der Waals surface area contributed by atoms with E-state index < -0.39 is 0 Å². The summed E-state index contributed by atoms with van der Waals surface area (Å²) in [5, 5.41) is 11.3. The lowest BCUT2D eigenvalue weighted by molar-refractivity contribution is -0.130. The Morgan fingerprint density at radius 2 is 2.08 bits per heavy atom. The lowest BCUT2D eigenvalue weighted by Crippen LogP contribution is -2.41. The van der Waals surface area contributed by atoms with Gasteiger partial charge in [0.15, 0.2) is 0 Å². The molecule has 0 heterocycles. The molecule has 3 nitrogen and oxygen atoms in total. The second kappa shape index (κ2) is 3.78. The van der Waals surface area contributed by atoms with Crippen LogP contribution in [0.25, 0.3) is 0 Å². The maximum Gasteiger partial charge on any atom is 0.226 e. The standard InChI is InChI=1S/C10H16N2O/c1-8(7-11)12-9(13)10(2)5-3-4-6-10/h8H,3-6H2,1-2H3,(H,12,13). The summed E-state index contributed by atoms with van der Waals surface area (Å²) < 4.78 is 0. The largest absolute Gasteiger partial charge is 0.340 e. The van der Waals surface area contributed by atoms with E-state index in [2.05, 4.69) is 5.32 Å². The third-order valence-corrected chi connectivity index (χ3v) is 2.80. The van der Waals surface area contributed by atoms with Crippen LogP contribution in [0.4, 0.5) is 0 Å². The molecule has 0 bridgehead atoms. The fraction of sp³-hybridized carbons (Fsp3) is 0.800. The Hall–Kier alpha value is -1.04. The summed E-state index contributed by atoms with van der Waals surface area (Å²) in [4.78, 5) is 11.7. The van der Waals surface area contributed by atoms with Gasteiger partial charge in [-0.1, -0.05) is 19.8 Å². The summed E-state index contributed by atoms with van der Waals surface area (Å²) >= 11 is 0. The number of nitrogens with one attached hydrogen (secondary N) is 1. The maximum atomic E-state index is 11.7. The van der Waals surface area contributed by atoms with E-state index in [-0.39, 0.29) is 17.4 Å². The summed E-state index contributed by atoms with van der Waals surface area (Å²) in [5.41, 5.74) is -0.217. The van der Waals surface area contributed by atoms with Crippen LogP contribution in [-0.4, -0.2) is 11.9 Å². The summed E-state index contributed by atoms with van der Waals surface area (Å²) in [6.07, 6.45) is 4.17. The number of hydrogen-bond donors (Lipinski definition) is 1. The summed E-state index contributed by atoms with van der Waals surface area (Å²) in [6, 6.07) is 1.63. The molecule has 0 aromatic carbocycles. The van der Waals surface area contributed by atoms with E-state index in [1.807, 2.05) is 13.0 Å². The van der Waals surface area contributed by atoms with Crippen LogP contribution in [0.3, 0.4) is 0 Å². The van der Waals surface area contributed by atoms with Crippen molar-refractivity contribution in [1.29, 1.82) is 5.26 Å². The molecule has 1 fully saturated rings. The molecule has 1 saturated carbocycles. The Bertz CT molecular complexity index is 236. The summed E-state index contributed by atoms with van der Waals surface area (Å²) in [5.74, 6) is 0.0408. The Balaban J connectivity index is 2.52. The number of nitrogens with zero attached hydrogens (tertiary/aromatic N) is 1. The lowest BCUT2D eigenvalue weighted by atomic mass is 9.87. The van der Waals surface area contributed by atoms with E-state index in [4.69, 9.17) is 5.26 Å². The molecular weight excluding hydrogens is 164 g/mol. The molecule has 13 heavy (non-hydrogen) atoms. The van der Waals surface area contributed by atoms with Crippen LogP contribution < -0.4 is 5.32 Å². The molecule has 1 rings (SSSR count). The topological polar surface area (TPSA) is 52.9 Å². The Morgan fingerprint density at radius 3 is 2.54 bits per heavy atom. The highest BCUT2D eigenvalue weighted by atomic mass is 16.2. The van der Waals surface area contributed by atoms with Crippen molar-refractivity contribution >= 4 is 5.91 Å². The number of nitriles is 1. The van der Waals surface area contributed by atoms with Gasteiger partial charge in [0.1, 0.15) is 6.04 Å². The first-order chi connectivity index (χ1) is 6.08. The van der Waals surface area contributed by atoms with E-state index in [0.29, 0.717) is 0 Å². The summed E-state index contributed by atoms with van der Waals surface area (Å²) in [6.45, 7) is 3.69. The van der Waals surface area contributed by atoms with E-state index in [1.165, 1.54) is 0 Å². The van der Waals surface area contributed by atoms with Crippen molar-refractivity contribution in [3.63, 3.8) is 0 Å². The van der Waals surface area contributed by atoms with Crippen LogP contribution in [0.5, 0.6) is 0 Å². The Morgan fingerprint density at radius 1 is 1.54 bits per heavy atom. The first-order valence-corrected chi connectivity index (χ1v) is 4.79. The molecule has 1 N–H and O–H groups in total. The van der Waals surface area contributed by atoms with Gasteiger partial charge in [0.2, 0.25) is 5.91 Å². The number of rotatable bonds is 2. The molecule has 1 atom stereocenters. The van der Waals surface area contributed by atoms with Gasteiger partial charge < -0.3 is 5.32 Å². The molecule has 0 radical (unpaired) electrons. The van der Waals surface area contributed by atoms with E-state index in [9.17, 15) is 4.79 Å². The van der Waals surface area contributed by atoms with Gasteiger partial charge in [0, 0.05) is 5.41 Å². The zero-order chi connectivity index (χ0) is 9.90. The van der Waals surface area contributed by atoms with Gasteiger partial charge in [-0.3, -0.25) is 4.79 Å². The Labute approximate surface area is 79.1 Å². The minimum Gasteiger partial charge on any atom is -0.340 e. The van der Waals surface area contributed by atoms with E-state index in [0.717, 1.165) is 25.7 Å². The van der Waals surface area contributed by atoms with Crippen molar-refractivity contribution in [3.05, 3.63) is 0 Å². The minimum atomic E-state index is -0.370. The first kappa shape index (κ1) is 10.0. The quantitative estimate of drug-likeness (QED) is 0.701. The average molecular weight is 180 g/mol. The van der Waals surface area contributed by atoms with E-state index in [1.54, 1.807) is 6.92 Å². The normalized spacial score (nSPS) is 21.9. The fourth-order valence-corrected chi connectivity index (χ4v) is 1.79. The molecule has 72 valence electrons. The van der Waals surface area contributed by atoms with Crippen molar-refractivity contribution in [2.75, 3.05) is 0 Å². The second-order valence-corrected chi connectivity index (χ2v) is 4.09. The molecule has 0 saturated heterocycles. The van der Waals surface area contributed by atoms with Gasteiger partial charge in [-0.15, -0.1) is 0 Å². The molecular formula is C10H16N2O. The lowest BCUT2D eigenvalue weighted by Gasteiger charge is -2.22. The molecule has 1 aliphatic rings. The van der Waals surface area contributed by atoms with Gasteiger partial charge in [-0.2, -0.15) is 5.26 Å². The molecule has 0 spiro atoms. The highest BCUT2D eigenvalue weighted by molar-refractivity contribution is 5.82. The van der Waals surface area contributed by atoms with Crippen molar-refractivity contribution in [2.45, 2.75) is 45.6 Å². The Kier molecular flexibility index (Phi) is 2.92. The van der Waals surface area contributed by atoms with Gasteiger partial charge in [-0.05, 0) is 19.8 Å². The fourth-order valence-electron chi connectivity index (χ4n) is 1.79. The van der Waals surface area contributed by atoms with Crippen molar-refractivity contribution in [2.24, 2.45) is 5.41 Å². The van der Waals surface area contributed by atoms with Crippen molar-refractivity contribution < 1.29 is 4.79 Å². The number of amides is 1. The van der Waals surface area contributed by atoms with Crippen molar-refractivity contribution in [3.8, 4) is 6.07 Å². The minimum absolute atomic E-state index is 0.0408. The van der Waals surface area contributed by atoms with E-state index >= 15 is 0 Å². The maximum absolute atomic E-state index is 11.7. The summed E-state index contributed by atoms with van der Waals surface area (Å²) in [7, 11) is 0. The van der Waals surface area contributed by atoms with Crippen LogP contribution in [0, 0.1) is 16.7 Å². The van der Waals surface area contributed by atoms with Crippen LogP contribution in [-0.2, 0) is 4.79 Å². The predicted molar refractivity (Wildman–Crippen MR) is 49.8 cm³/mol. The molecule has 0 aromatic rings. The predicted octanol–water partition coefficient (Wildman–Crippen LogP) is 1.59. The molecule has 3 heteroatoms. The third kappa shape index (κ3) is 2.21. The monoisotopic (exact) mass is 180 g/mol. The molecule has 0 aromatic heterocycles. The van der Waals surface area contributed by atoms with Crippen LogP contribution in [0.1, 0.15) is 39.5 Å². The zero-order valence-corrected chi connectivity index (χ0v) is 8.26. The average Bonchev–Trinajstić information content (AvgIpc) is 2.53. The van der Waals surface area contributed by atoms with Gasteiger partial charge in [0.05, 0.1) is 6.07 Å². The number of carbonyl (C=O) groups excluding carboxylic acids is 1. The molecule has 0 aliphatic heterocycles. The van der Waals surface area contributed by atoms with Gasteiger partial charge in [-0.25, -0.2) is 0 Å². The van der Waals surface area contributed by atoms with Crippen LogP contribution >= 0.6 is 0 Å². The highest BCUT2D eigenvalue weighted by Gasteiger charge is 2.36. The van der Waals surface area contributed by atoms with Crippen LogP contribution in [0.15, 0.2) is 0 Å². The molecule has 1 unspecified atom stereocenters. The number of hydrogen-bond acceptors (Lipinski definition) is 2. The van der Waals surface area contributed by atoms with Gasteiger partial charge in [0.25, 0.3) is 0 Å².